The molecule has 0 radical (unpaired) electrons. The molecule has 0 bridgehead atoms. The van der Waals surface area contributed by atoms with Gasteiger partial charge < -0.3 is 15.4 Å². The molecule has 3 rings (SSSR count). The van der Waals surface area contributed by atoms with E-state index in [4.69, 9.17) is 10.5 Å². The van der Waals surface area contributed by atoms with Crippen molar-refractivity contribution in [2.24, 2.45) is 5.73 Å². The van der Waals surface area contributed by atoms with Crippen molar-refractivity contribution >= 4 is 5.95 Å². The van der Waals surface area contributed by atoms with E-state index in [9.17, 15) is 0 Å². The lowest BCUT2D eigenvalue weighted by Gasteiger charge is -2.28. The second kappa shape index (κ2) is 4.85. The van der Waals surface area contributed by atoms with E-state index in [0.29, 0.717) is 18.1 Å². The van der Waals surface area contributed by atoms with Crippen molar-refractivity contribution < 1.29 is 4.74 Å². The van der Waals surface area contributed by atoms with E-state index in [1.54, 1.807) is 0 Å². The van der Waals surface area contributed by atoms with E-state index in [1.807, 2.05) is 0 Å². The van der Waals surface area contributed by atoms with E-state index in [2.05, 4.69) is 27.0 Å². The first-order chi connectivity index (χ1) is 8.72. The molecule has 0 spiro atoms. The summed E-state index contributed by atoms with van der Waals surface area (Å²) in [5, 5.41) is 7.39. The number of nitrogens with one attached hydrogen (secondary N) is 1. The number of hydrogen-bond donors (Lipinski definition) is 2. The Kier molecular flexibility index (Phi) is 3.22. The van der Waals surface area contributed by atoms with Gasteiger partial charge in [0.1, 0.15) is 5.82 Å². The van der Waals surface area contributed by atoms with Gasteiger partial charge in [-0.05, 0) is 26.2 Å². The van der Waals surface area contributed by atoms with Crippen molar-refractivity contribution in [1.29, 1.82) is 0 Å². The first-order valence-electron chi connectivity index (χ1n) is 6.77. The highest BCUT2D eigenvalue weighted by atomic mass is 16.5. The van der Waals surface area contributed by atoms with E-state index in [1.165, 1.54) is 0 Å². The lowest BCUT2D eigenvalue weighted by Crippen LogP contribution is -2.40. The highest BCUT2D eigenvalue weighted by molar-refractivity contribution is 5.30. The molecule has 0 aliphatic carbocycles. The summed E-state index contributed by atoms with van der Waals surface area (Å²) in [7, 11) is 0. The number of H-pyrrole nitrogens is 1. The van der Waals surface area contributed by atoms with Crippen LogP contribution in [0.2, 0.25) is 0 Å². The molecule has 2 unspecified atom stereocenters. The van der Waals surface area contributed by atoms with Crippen LogP contribution < -0.4 is 10.6 Å². The Morgan fingerprint density at radius 1 is 1.39 bits per heavy atom. The second-order valence-electron chi connectivity index (χ2n) is 5.42. The van der Waals surface area contributed by atoms with Crippen molar-refractivity contribution in [2.75, 3.05) is 24.6 Å². The minimum absolute atomic E-state index is 0.330. The molecule has 3 heterocycles. The van der Waals surface area contributed by atoms with Crippen molar-refractivity contribution in [3.05, 3.63) is 5.82 Å². The summed E-state index contributed by atoms with van der Waals surface area (Å²) in [6.07, 6.45) is 3.40. The van der Waals surface area contributed by atoms with Gasteiger partial charge in [-0.1, -0.05) is 0 Å². The summed E-state index contributed by atoms with van der Waals surface area (Å²) in [6.45, 7) is 4.76. The summed E-state index contributed by atoms with van der Waals surface area (Å²) < 4.78 is 5.57. The van der Waals surface area contributed by atoms with E-state index < -0.39 is 0 Å². The number of hydrogen-bond acceptors (Lipinski definition) is 5. The van der Waals surface area contributed by atoms with Gasteiger partial charge in [-0.2, -0.15) is 4.98 Å². The van der Waals surface area contributed by atoms with Crippen LogP contribution in [0.5, 0.6) is 0 Å². The molecule has 3 N–H and O–H groups in total. The third-order valence-corrected chi connectivity index (χ3v) is 3.90. The molecular formula is C12H21N5O. The standard InChI is InChI=1S/C12H21N5O/c1-8-6-9(7-18-8)11-14-12(16-15-11)17-4-2-10(13)3-5-17/h8-10H,2-7,13H2,1H3,(H,14,15,16). The first-order valence-corrected chi connectivity index (χ1v) is 6.77. The van der Waals surface area contributed by atoms with Gasteiger partial charge in [0, 0.05) is 25.0 Å². The van der Waals surface area contributed by atoms with Crippen LogP contribution in [0.25, 0.3) is 0 Å². The van der Waals surface area contributed by atoms with Crippen LogP contribution in [0.4, 0.5) is 5.95 Å². The number of anilines is 1. The topological polar surface area (TPSA) is 80.1 Å². The number of piperidine rings is 1. The Labute approximate surface area is 107 Å². The average molecular weight is 251 g/mol. The first kappa shape index (κ1) is 11.9. The lowest BCUT2D eigenvalue weighted by atomic mass is 10.1. The van der Waals surface area contributed by atoms with Gasteiger partial charge in [0.2, 0.25) is 5.95 Å². The highest BCUT2D eigenvalue weighted by Gasteiger charge is 2.27. The predicted octanol–water partition coefficient (Wildman–Crippen LogP) is 0.625. The van der Waals surface area contributed by atoms with Gasteiger partial charge >= 0.3 is 0 Å². The molecule has 1 aromatic heterocycles. The van der Waals surface area contributed by atoms with Gasteiger partial charge in [0.25, 0.3) is 0 Å². The minimum atomic E-state index is 0.330. The summed E-state index contributed by atoms with van der Waals surface area (Å²) >= 11 is 0. The van der Waals surface area contributed by atoms with Crippen molar-refractivity contribution in [3.63, 3.8) is 0 Å². The molecule has 100 valence electrons. The second-order valence-corrected chi connectivity index (χ2v) is 5.42. The van der Waals surface area contributed by atoms with Crippen LogP contribution in [0, 0.1) is 0 Å². The van der Waals surface area contributed by atoms with E-state index >= 15 is 0 Å². The SMILES string of the molecule is CC1CC(c2nc(N3CCC(N)CC3)n[nH]2)CO1. The number of nitrogens with zero attached hydrogens (tertiary/aromatic N) is 3. The number of aromatic nitrogens is 3. The quantitative estimate of drug-likeness (QED) is 0.805. The average Bonchev–Trinajstić information content (AvgIpc) is 2.98. The molecule has 0 aromatic carbocycles. The summed E-state index contributed by atoms with van der Waals surface area (Å²) in [5.74, 6) is 2.15. The minimum Gasteiger partial charge on any atom is -0.378 e. The summed E-state index contributed by atoms with van der Waals surface area (Å²) in [6, 6.07) is 0.337. The molecule has 2 saturated heterocycles. The largest absolute Gasteiger partial charge is 0.378 e. The maximum atomic E-state index is 5.90. The summed E-state index contributed by atoms with van der Waals surface area (Å²) in [5.41, 5.74) is 5.90. The highest BCUT2D eigenvalue weighted by Crippen LogP contribution is 2.27. The Morgan fingerprint density at radius 2 is 2.17 bits per heavy atom. The maximum absolute atomic E-state index is 5.90. The van der Waals surface area contributed by atoms with Crippen LogP contribution in [0.1, 0.15) is 37.9 Å². The Bertz CT molecular complexity index is 399. The third-order valence-electron chi connectivity index (χ3n) is 3.90. The van der Waals surface area contributed by atoms with Crippen molar-refractivity contribution in [2.45, 2.75) is 44.2 Å². The van der Waals surface area contributed by atoms with Gasteiger partial charge in [-0.15, -0.1) is 5.10 Å². The zero-order valence-corrected chi connectivity index (χ0v) is 10.8. The van der Waals surface area contributed by atoms with Crippen LogP contribution in [0.15, 0.2) is 0 Å². The molecule has 2 aliphatic heterocycles. The van der Waals surface area contributed by atoms with Crippen LogP contribution in [0.3, 0.4) is 0 Å². The number of ether oxygens (including phenoxy) is 1. The van der Waals surface area contributed by atoms with Gasteiger partial charge in [-0.25, -0.2) is 0 Å². The van der Waals surface area contributed by atoms with Crippen LogP contribution >= 0.6 is 0 Å². The number of aromatic amines is 1. The zero-order chi connectivity index (χ0) is 12.5. The molecule has 6 heteroatoms. The molecule has 1 aromatic rings. The van der Waals surface area contributed by atoms with Crippen molar-refractivity contribution in [1.82, 2.24) is 15.2 Å². The smallest absolute Gasteiger partial charge is 0.244 e. The Balaban J connectivity index is 1.66. The fourth-order valence-corrected chi connectivity index (χ4v) is 2.70. The van der Waals surface area contributed by atoms with Crippen molar-refractivity contribution in [3.8, 4) is 0 Å². The monoisotopic (exact) mass is 251 g/mol. The molecular weight excluding hydrogens is 230 g/mol. The van der Waals surface area contributed by atoms with Gasteiger partial charge in [0.15, 0.2) is 0 Å². The Morgan fingerprint density at radius 3 is 2.83 bits per heavy atom. The maximum Gasteiger partial charge on any atom is 0.244 e. The fraction of sp³-hybridized carbons (Fsp3) is 0.833. The lowest BCUT2D eigenvalue weighted by molar-refractivity contribution is 0.123. The fourth-order valence-electron chi connectivity index (χ4n) is 2.70. The third kappa shape index (κ3) is 2.35. The molecule has 2 fully saturated rings. The predicted molar refractivity (Wildman–Crippen MR) is 68.6 cm³/mol. The zero-order valence-electron chi connectivity index (χ0n) is 10.8. The molecule has 2 atom stereocenters. The van der Waals surface area contributed by atoms with E-state index in [0.717, 1.165) is 50.7 Å². The van der Waals surface area contributed by atoms with Crippen LogP contribution in [-0.2, 0) is 4.74 Å². The van der Waals surface area contributed by atoms with Gasteiger partial charge in [0.05, 0.1) is 12.7 Å². The number of rotatable bonds is 2. The molecule has 0 saturated carbocycles. The summed E-state index contributed by atoms with van der Waals surface area (Å²) in [4.78, 5) is 6.82. The number of nitrogens with two attached hydrogens (primary N) is 1. The normalized spacial score (nSPS) is 30.0. The Hall–Kier alpha value is -1.14. The molecule has 18 heavy (non-hydrogen) atoms. The van der Waals surface area contributed by atoms with E-state index in [-0.39, 0.29) is 0 Å². The molecule has 2 aliphatic rings. The molecule has 6 nitrogen and oxygen atoms in total. The van der Waals surface area contributed by atoms with Crippen LogP contribution in [-0.4, -0.2) is 47.0 Å². The molecule has 0 amide bonds. The van der Waals surface area contributed by atoms with Gasteiger partial charge in [-0.3, -0.25) is 5.10 Å².